The van der Waals surface area contributed by atoms with Gasteiger partial charge in [0.15, 0.2) is 12.4 Å². The number of nitrogens with zero attached hydrogens (tertiary/aromatic N) is 1. The fourth-order valence-electron chi connectivity index (χ4n) is 4.79. The predicted octanol–water partition coefficient (Wildman–Crippen LogP) is 4.47. The van der Waals surface area contributed by atoms with Gasteiger partial charge in [-0.15, -0.1) is 0 Å². The molecular weight excluding hydrogens is 458 g/mol. The number of halogens is 1. The van der Waals surface area contributed by atoms with Crippen molar-refractivity contribution < 1.29 is 23.5 Å². The van der Waals surface area contributed by atoms with E-state index in [4.69, 9.17) is 25.5 Å². The average Bonchev–Trinajstić information content (AvgIpc) is 2.78. The van der Waals surface area contributed by atoms with Gasteiger partial charge >= 0.3 is 5.63 Å². The van der Waals surface area contributed by atoms with E-state index in [0.717, 1.165) is 16.5 Å². The van der Waals surface area contributed by atoms with E-state index in [1.807, 2.05) is 19.9 Å². The molecule has 2 aliphatic heterocycles. The lowest BCUT2D eigenvalue weighted by molar-refractivity contribution is -0.136. The van der Waals surface area contributed by atoms with Gasteiger partial charge in [-0.05, 0) is 49.2 Å². The molecule has 7 nitrogen and oxygen atoms in total. The molecule has 1 spiro atoms. The number of benzene rings is 2. The summed E-state index contributed by atoms with van der Waals surface area (Å²) in [4.78, 5) is 38.9. The first-order chi connectivity index (χ1) is 16.2. The number of aryl methyl sites for hydroxylation is 2. The number of hydrogen-bond acceptors (Lipinski definition) is 6. The minimum absolute atomic E-state index is 0.0214. The number of rotatable bonds is 3. The Morgan fingerprint density at radius 2 is 1.85 bits per heavy atom. The van der Waals surface area contributed by atoms with Crippen LogP contribution in [0, 0.1) is 13.8 Å². The molecule has 0 unspecified atom stereocenters. The van der Waals surface area contributed by atoms with Crippen molar-refractivity contribution in [2.45, 2.75) is 38.7 Å². The number of carbonyl (C=O) groups is 2. The van der Waals surface area contributed by atoms with E-state index in [2.05, 4.69) is 0 Å². The highest BCUT2D eigenvalue weighted by atomic mass is 35.5. The third-order valence-corrected chi connectivity index (χ3v) is 6.87. The molecule has 3 aromatic rings. The fourth-order valence-corrected chi connectivity index (χ4v) is 5.06. The number of hydrogen-bond donors (Lipinski definition) is 0. The molecule has 0 atom stereocenters. The minimum Gasteiger partial charge on any atom is -0.486 e. The maximum Gasteiger partial charge on any atom is 0.336 e. The predicted molar refractivity (Wildman–Crippen MR) is 127 cm³/mol. The molecule has 0 N–H and O–H groups in total. The number of Topliss-reactive ketones (excluding diaryl/α,β-unsaturated/α-hetero) is 1. The lowest BCUT2D eigenvalue weighted by Crippen LogP contribution is -2.53. The third kappa shape index (κ3) is 4.16. The lowest BCUT2D eigenvalue weighted by Gasteiger charge is -2.44. The van der Waals surface area contributed by atoms with Crippen LogP contribution in [0.25, 0.3) is 11.0 Å². The summed E-state index contributed by atoms with van der Waals surface area (Å²) in [7, 11) is 0. The zero-order valence-corrected chi connectivity index (χ0v) is 19.7. The molecule has 1 aromatic heterocycles. The van der Waals surface area contributed by atoms with Crippen LogP contribution >= 0.6 is 11.6 Å². The zero-order valence-electron chi connectivity index (χ0n) is 19.0. The van der Waals surface area contributed by atoms with E-state index in [1.54, 1.807) is 29.2 Å². The molecular formula is C26H24ClNO6. The van der Waals surface area contributed by atoms with Crippen molar-refractivity contribution in [1.82, 2.24) is 4.90 Å². The molecule has 1 fully saturated rings. The molecule has 8 heteroatoms. The monoisotopic (exact) mass is 481 g/mol. The molecule has 5 rings (SSSR count). The highest BCUT2D eigenvalue weighted by Gasteiger charge is 2.44. The number of carbonyl (C=O) groups excluding carboxylic acids is 2. The van der Waals surface area contributed by atoms with Gasteiger partial charge in [0.25, 0.3) is 5.91 Å². The smallest absolute Gasteiger partial charge is 0.336 e. The van der Waals surface area contributed by atoms with Crippen molar-refractivity contribution in [3.8, 4) is 11.5 Å². The van der Waals surface area contributed by atoms with E-state index >= 15 is 0 Å². The van der Waals surface area contributed by atoms with Gasteiger partial charge in [-0.2, -0.15) is 0 Å². The second-order valence-corrected chi connectivity index (χ2v) is 9.50. The molecule has 0 aliphatic carbocycles. The highest BCUT2D eigenvalue weighted by molar-refractivity contribution is 6.31. The van der Waals surface area contributed by atoms with Gasteiger partial charge in [0.05, 0.1) is 12.0 Å². The van der Waals surface area contributed by atoms with Gasteiger partial charge < -0.3 is 18.8 Å². The first-order valence-corrected chi connectivity index (χ1v) is 11.6. The van der Waals surface area contributed by atoms with Crippen LogP contribution in [-0.4, -0.2) is 41.9 Å². The first kappa shape index (κ1) is 22.5. The number of ether oxygens (including phenoxy) is 2. The maximum absolute atomic E-state index is 12.8. The average molecular weight is 482 g/mol. The number of fused-ring (bicyclic) bond motifs is 2. The molecule has 1 amide bonds. The van der Waals surface area contributed by atoms with Crippen LogP contribution in [0.4, 0.5) is 0 Å². The van der Waals surface area contributed by atoms with Crippen molar-refractivity contribution in [2.24, 2.45) is 0 Å². The van der Waals surface area contributed by atoms with Gasteiger partial charge in [-0.25, -0.2) is 4.79 Å². The second-order valence-electron chi connectivity index (χ2n) is 9.06. The zero-order chi connectivity index (χ0) is 24.0. The summed E-state index contributed by atoms with van der Waals surface area (Å²) in [5.74, 6) is 0.927. The lowest BCUT2D eigenvalue weighted by atomic mass is 9.82. The molecule has 0 bridgehead atoms. The minimum atomic E-state index is -0.603. The van der Waals surface area contributed by atoms with Crippen molar-refractivity contribution in [3.05, 3.63) is 68.5 Å². The van der Waals surface area contributed by atoms with Crippen molar-refractivity contribution in [2.75, 3.05) is 19.7 Å². The van der Waals surface area contributed by atoms with E-state index < -0.39 is 11.2 Å². The maximum atomic E-state index is 12.8. The van der Waals surface area contributed by atoms with Crippen LogP contribution in [0.15, 0.2) is 45.6 Å². The summed E-state index contributed by atoms with van der Waals surface area (Å²) in [6.45, 7) is 4.54. The fraction of sp³-hybridized carbons (Fsp3) is 0.346. The van der Waals surface area contributed by atoms with Crippen LogP contribution in [-0.2, 0) is 4.79 Å². The van der Waals surface area contributed by atoms with E-state index in [9.17, 15) is 14.4 Å². The summed E-state index contributed by atoms with van der Waals surface area (Å²) < 4.78 is 17.3. The highest BCUT2D eigenvalue weighted by Crippen LogP contribution is 2.42. The summed E-state index contributed by atoms with van der Waals surface area (Å²) >= 11 is 6.11. The summed E-state index contributed by atoms with van der Waals surface area (Å²) in [5, 5.41) is 1.34. The Balaban J connectivity index is 1.22. The van der Waals surface area contributed by atoms with Gasteiger partial charge in [-0.1, -0.05) is 11.6 Å². The topological polar surface area (TPSA) is 86.0 Å². The molecule has 176 valence electrons. The quantitative estimate of drug-likeness (QED) is 0.513. The summed E-state index contributed by atoms with van der Waals surface area (Å²) in [6.07, 6.45) is 1.40. The van der Waals surface area contributed by atoms with Gasteiger partial charge in [-0.3, -0.25) is 9.59 Å². The van der Waals surface area contributed by atoms with Crippen LogP contribution in [0.1, 0.15) is 40.7 Å². The first-order valence-electron chi connectivity index (χ1n) is 11.2. The third-order valence-electron chi connectivity index (χ3n) is 6.65. The number of piperidine rings is 1. The Labute approximate surface area is 201 Å². The standard InChI is InChI=1S/C26H24ClNO6/c1-15-10-24(31)33-22-12-18(3-4-19(15)22)32-14-23(30)28-7-5-26(6-8-28)13-21(29)20-11-17(27)9-16(2)25(20)34-26/h3-4,9-12H,5-8,13-14H2,1-2H3. The Kier molecular flexibility index (Phi) is 5.60. The molecule has 0 radical (unpaired) electrons. The molecule has 1 saturated heterocycles. The van der Waals surface area contributed by atoms with Crippen molar-refractivity contribution in [1.29, 1.82) is 0 Å². The number of likely N-dealkylation sites (tertiary alicyclic amines) is 1. The van der Waals surface area contributed by atoms with Gasteiger partial charge in [0.1, 0.15) is 22.7 Å². The Bertz CT molecular complexity index is 1370. The second kappa shape index (κ2) is 8.47. The molecule has 2 aromatic carbocycles. The van der Waals surface area contributed by atoms with Crippen LogP contribution in [0.5, 0.6) is 11.5 Å². The van der Waals surface area contributed by atoms with Crippen molar-refractivity contribution in [3.63, 3.8) is 0 Å². The molecule has 2 aliphatic rings. The van der Waals surface area contributed by atoms with E-state index in [1.165, 1.54) is 6.07 Å². The Morgan fingerprint density at radius 3 is 2.62 bits per heavy atom. The van der Waals surface area contributed by atoms with E-state index in [0.29, 0.717) is 53.6 Å². The molecule has 3 heterocycles. The van der Waals surface area contributed by atoms with Gasteiger partial charge in [0, 0.05) is 48.5 Å². The number of amides is 1. The summed E-state index contributed by atoms with van der Waals surface area (Å²) in [5.41, 5.74) is 1.58. The molecule has 0 saturated carbocycles. The molecule has 34 heavy (non-hydrogen) atoms. The Morgan fingerprint density at radius 1 is 1.09 bits per heavy atom. The Hall–Kier alpha value is -3.32. The normalized spacial score (nSPS) is 16.9. The number of ketones is 1. The van der Waals surface area contributed by atoms with Crippen molar-refractivity contribution >= 4 is 34.3 Å². The van der Waals surface area contributed by atoms with Gasteiger partial charge in [0.2, 0.25) is 0 Å². The van der Waals surface area contributed by atoms with E-state index in [-0.39, 0.29) is 24.7 Å². The van der Waals surface area contributed by atoms with Crippen LogP contribution in [0.3, 0.4) is 0 Å². The SMILES string of the molecule is Cc1cc(Cl)cc2c1OC1(CCN(C(=O)COc3ccc4c(C)cc(=O)oc4c3)CC1)CC2=O. The van der Waals surface area contributed by atoms with Crippen LogP contribution < -0.4 is 15.1 Å². The largest absolute Gasteiger partial charge is 0.486 e. The van der Waals surface area contributed by atoms with Crippen LogP contribution in [0.2, 0.25) is 5.02 Å². The summed E-state index contributed by atoms with van der Waals surface area (Å²) in [6, 6.07) is 10.1.